The van der Waals surface area contributed by atoms with Gasteiger partial charge < -0.3 is 5.32 Å². The number of aromatic nitrogens is 2. The van der Waals surface area contributed by atoms with Crippen LogP contribution in [0.2, 0.25) is 0 Å². The molecule has 1 N–H and O–H groups in total. The Morgan fingerprint density at radius 2 is 2.07 bits per heavy atom. The van der Waals surface area contributed by atoms with Crippen LogP contribution in [0.25, 0.3) is 0 Å². The van der Waals surface area contributed by atoms with Gasteiger partial charge in [0, 0.05) is 6.07 Å². The van der Waals surface area contributed by atoms with Gasteiger partial charge >= 0.3 is 5.69 Å². The van der Waals surface area contributed by atoms with Crippen molar-refractivity contribution in [3.8, 4) is 0 Å². The first-order valence-electron chi connectivity index (χ1n) is 7.78. The van der Waals surface area contributed by atoms with Gasteiger partial charge in [-0.3, -0.25) is 19.6 Å². The molecule has 0 aliphatic carbocycles. The van der Waals surface area contributed by atoms with Crippen LogP contribution in [0, 0.1) is 35.6 Å². The van der Waals surface area contributed by atoms with Crippen molar-refractivity contribution < 1.29 is 18.5 Å². The number of nitro groups is 1. The molecule has 1 amide bonds. The molecule has 0 bridgehead atoms. The third-order valence-corrected chi connectivity index (χ3v) is 4.89. The van der Waals surface area contributed by atoms with E-state index >= 15 is 0 Å². The smallest absolute Gasteiger partial charge is 0.312 e. The standard InChI is InChI=1S/C17H14F2N4O3S/c1-9-16(23(25)26)10(2)22(21-9)7-11-5-15(27-8-11)17(24)20-14-4-3-12(18)6-13(14)19/h3-6,8H,7H2,1-2H3,(H,20,24). The second-order valence-electron chi connectivity index (χ2n) is 5.83. The largest absolute Gasteiger partial charge is 0.319 e. The van der Waals surface area contributed by atoms with Crippen molar-refractivity contribution in [1.82, 2.24) is 9.78 Å². The summed E-state index contributed by atoms with van der Waals surface area (Å²) in [6.07, 6.45) is 0. The minimum atomic E-state index is -0.866. The van der Waals surface area contributed by atoms with E-state index in [0.29, 0.717) is 22.3 Å². The molecular weight excluding hydrogens is 378 g/mol. The summed E-state index contributed by atoms with van der Waals surface area (Å²) in [6.45, 7) is 3.43. The molecule has 27 heavy (non-hydrogen) atoms. The maximum absolute atomic E-state index is 13.7. The van der Waals surface area contributed by atoms with Gasteiger partial charge in [0.25, 0.3) is 5.91 Å². The van der Waals surface area contributed by atoms with Gasteiger partial charge in [0.05, 0.1) is 22.0 Å². The minimum Gasteiger partial charge on any atom is -0.319 e. The highest BCUT2D eigenvalue weighted by atomic mass is 32.1. The molecule has 0 aliphatic rings. The Kier molecular flexibility index (Phi) is 5.00. The molecule has 3 aromatic rings. The van der Waals surface area contributed by atoms with E-state index in [-0.39, 0.29) is 17.9 Å². The van der Waals surface area contributed by atoms with Gasteiger partial charge in [-0.15, -0.1) is 11.3 Å². The number of benzene rings is 1. The third kappa shape index (κ3) is 3.85. The Hall–Kier alpha value is -3.14. The number of nitrogens with zero attached hydrogens (tertiary/aromatic N) is 3. The molecule has 1 aromatic carbocycles. The molecule has 0 unspecified atom stereocenters. The maximum atomic E-state index is 13.7. The summed E-state index contributed by atoms with van der Waals surface area (Å²) in [7, 11) is 0. The number of amides is 1. The van der Waals surface area contributed by atoms with Crippen molar-refractivity contribution in [3.63, 3.8) is 0 Å². The monoisotopic (exact) mass is 392 g/mol. The lowest BCUT2D eigenvalue weighted by atomic mass is 10.2. The summed E-state index contributed by atoms with van der Waals surface area (Å²) in [5.74, 6) is -2.13. The lowest BCUT2D eigenvalue weighted by Gasteiger charge is -2.05. The topological polar surface area (TPSA) is 90.1 Å². The van der Waals surface area contributed by atoms with Crippen LogP contribution in [0.3, 0.4) is 0 Å². The first-order chi connectivity index (χ1) is 12.8. The molecule has 0 atom stereocenters. The Morgan fingerprint density at radius 1 is 1.33 bits per heavy atom. The zero-order valence-corrected chi connectivity index (χ0v) is 15.1. The fourth-order valence-corrected chi connectivity index (χ4v) is 3.43. The molecule has 3 rings (SSSR count). The second-order valence-corrected chi connectivity index (χ2v) is 6.74. The van der Waals surface area contributed by atoms with Crippen molar-refractivity contribution in [2.75, 3.05) is 5.32 Å². The Morgan fingerprint density at radius 3 is 2.70 bits per heavy atom. The zero-order chi connectivity index (χ0) is 19.7. The Bertz CT molecular complexity index is 1040. The predicted molar refractivity (Wildman–Crippen MR) is 96.1 cm³/mol. The van der Waals surface area contributed by atoms with Gasteiger partial charge in [-0.05, 0) is 43.0 Å². The molecule has 0 spiro atoms. The molecule has 7 nitrogen and oxygen atoms in total. The molecule has 0 aliphatic heterocycles. The Balaban J connectivity index is 1.76. The highest BCUT2D eigenvalue weighted by molar-refractivity contribution is 7.12. The number of rotatable bonds is 5. The van der Waals surface area contributed by atoms with Gasteiger partial charge in [-0.2, -0.15) is 5.10 Å². The van der Waals surface area contributed by atoms with Gasteiger partial charge in [-0.1, -0.05) is 0 Å². The fourth-order valence-electron chi connectivity index (χ4n) is 2.63. The highest BCUT2D eigenvalue weighted by Gasteiger charge is 2.22. The number of halogens is 2. The lowest BCUT2D eigenvalue weighted by molar-refractivity contribution is -0.386. The van der Waals surface area contributed by atoms with E-state index in [4.69, 9.17) is 0 Å². The van der Waals surface area contributed by atoms with Crippen LogP contribution >= 0.6 is 11.3 Å². The average molecular weight is 392 g/mol. The fraction of sp³-hybridized carbons (Fsp3) is 0.176. The predicted octanol–water partition coefficient (Wildman–Crippen LogP) is 4.05. The number of thiophene rings is 1. The number of carbonyl (C=O) groups excluding carboxylic acids is 1. The zero-order valence-electron chi connectivity index (χ0n) is 14.3. The Labute approximate surface area is 156 Å². The minimum absolute atomic E-state index is 0.0324. The van der Waals surface area contributed by atoms with E-state index in [0.717, 1.165) is 29.0 Å². The summed E-state index contributed by atoms with van der Waals surface area (Å²) in [4.78, 5) is 23.2. The molecule has 140 valence electrons. The average Bonchev–Trinajstić information content (AvgIpc) is 3.15. The van der Waals surface area contributed by atoms with Crippen LogP contribution in [0.4, 0.5) is 20.2 Å². The van der Waals surface area contributed by atoms with E-state index in [1.165, 1.54) is 4.68 Å². The number of aryl methyl sites for hydroxylation is 1. The summed E-state index contributed by atoms with van der Waals surface area (Å²) in [5.41, 5.74) is 1.31. The van der Waals surface area contributed by atoms with Crippen LogP contribution in [0.5, 0.6) is 0 Å². The van der Waals surface area contributed by atoms with Gasteiger partial charge in [-0.25, -0.2) is 8.78 Å². The van der Waals surface area contributed by atoms with Crippen molar-refractivity contribution in [2.24, 2.45) is 0 Å². The van der Waals surface area contributed by atoms with Crippen LogP contribution in [-0.2, 0) is 6.54 Å². The van der Waals surface area contributed by atoms with E-state index in [2.05, 4.69) is 10.4 Å². The van der Waals surface area contributed by atoms with Crippen molar-refractivity contribution in [3.05, 3.63) is 73.2 Å². The van der Waals surface area contributed by atoms with E-state index in [9.17, 15) is 23.7 Å². The molecule has 0 saturated carbocycles. The van der Waals surface area contributed by atoms with E-state index in [1.54, 1.807) is 25.3 Å². The lowest BCUT2D eigenvalue weighted by Crippen LogP contribution is -2.11. The maximum Gasteiger partial charge on any atom is 0.312 e. The summed E-state index contributed by atoms with van der Waals surface area (Å²) >= 11 is 1.14. The highest BCUT2D eigenvalue weighted by Crippen LogP contribution is 2.24. The second kappa shape index (κ2) is 7.23. The van der Waals surface area contributed by atoms with E-state index < -0.39 is 22.5 Å². The third-order valence-electron chi connectivity index (χ3n) is 3.92. The van der Waals surface area contributed by atoms with Crippen LogP contribution in [-0.4, -0.2) is 20.6 Å². The molecule has 0 saturated heterocycles. The van der Waals surface area contributed by atoms with Gasteiger partial charge in [0.1, 0.15) is 23.0 Å². The molecule has 0 fully saturated rings. The van der Waals surface area contributed by atoms with Crippen LogP contribution in [0.15, 0.2) is 29.6 Å². The molecular formula is C17H14F2N4O3S. The normalized spacial score (nSPS) is 10.8. The first kappa shape index (κ1) is 18.6. The molecule has 0 radical (unpaired) electrons. The quantitative estimate of drug-likeness (QED) is 0.524. The summed E-state index contributed by atoms with van der Waals surface area (Å²) in [5, 5.41) is 19.3. The van der Waals surface area contributed by atoms with Crippen molar-refractivity contribution >= 4 is 28.6 Å². The van der Waals surface area contributed by atoms with Crippen LogP contribution in [0.1, 0.15) is 26.6 Å². The van der Waals surface area contributed by atoms with E-state index in [1.807, 2.05) is 0 Å². The SMILES string of the molecule is Cc1nn(Cc2csc(C(=O)Nc3ccc(F)cc3F)c2)c(C)c1[N+](=O)[O-]. The molecule has 2 heterocycles. The number of carbonyl (C=O) groups is 1. The number of hydrogen-bond donors (Lipinski definition) is 1. The molecule has 2 aromatic heterocycles. The molecule has 10 heteroatoms. The van der Waals surface area contributed by atoms with Crippen LogP contribution < -0.4 is 5.32 Å². The first-order valence-corrected chi connectivity index (χ1v) is 8.66. The summed E-state index contributed by atoms with van der Waals surface area (Å²) in [6, 6.07) is 4.48. The van der Waals surface area contributed by atoms with Gasteiger partial charge in [0.2, 0.25) is 0 Å². The van der Waals surface area contributed by atoms with Gasteiger partial charge in [0.15, 0.2) is 0 Å². The summed E-state index contributed by atoms with van der Waals surface area (Å²) < 4.78 is 28.1. The van der Waals surface area contributed by atoms with Crippen molar-refractivity contribution in [2.45, 2.75) is 20.4 Å². The number of hydrogen-bond acceptors (Lipinski definition) is 5. The number of anilines is 1. The van der Waals surface area contributed by atoms with Crippen molar-refractivity contribution in [1.29, 1.82) is 0 Å². The number of nitrogens with one attached hydrogen (secondary N) is 1.